The van der Waals surface area contributed by atoms with E-state index in [0.717, 1.165) is 4.57 Å². The van der Waals surface area contributed by atoms with Crippen molar-refractivity contribution in [3.63, 3.8) is 0 Å². The van der Waals surface area contributed by atoms with Crippen molar-refractivity contribution in [2.75, 3.05) is 13.7 Å². The number of ether oxygens (including phenoxy) is 2. The Morgan fingerprint density at radius 3 is 2.61 bits per heavy atom. The van der Waals surface area contributed by atoms with Gasteiger partial charge in [-0.15, -0.1) is 10.2 Å². The number of aromatic nitrogens is 3. The summed E-state index contributed by atoms with van der Waals surface area (Å²) in [5, 5.41) is 6.91. The Balaban J connectivity index is 1.46. The molecule has 0 radical (unpaired) electrons. The van der Waals surface area contributed by atoms with Crippen molar-refractivity contribution < 1.29 is 31.9 Å². The lowest BCUT2D eigenvalue weighted by Crippen LogP contribution is -2.41. The average Bonchev–Trinajstić information content (AvgIpc) is 3.39. The van der Waals surface area contributed by atoms with E-state index in [9.17, 15) is 18.0 Å². The van der Waals surface area contributed by atoms with Gasteiger partial charge in [0.2, 0.25) is 5.82 Å². The number of para-hydroxylation sites is 2. The van der Waals surface area contributed by atoms with E-state index >= 15 is 0 Å². The number of alkyl halides is 3. The molecule has 1 amide bonds. The van der Waals surface area contributed by atoms with E-state index in [0.29, 0.717) is 17.3 Å². The zero-order valence-electron chi connectivity index (χ0n) is 16.7. The van der Waals surface area contributed by atoms with Crippen LogP contribution in [-0.2, 0) is 19.3 Å². The summed E-state index contributed by atoms with van der Waals surface area (Å²) < 4.78 is 56.7. The van der Waals surface area contributed by atoms with Crippen LogP contribution in [0.25, 0.3) is 0 Å². The molecule has 2 aromatic heterocycles. The number of furan rings is 1. The predicted octanol–water partition coefficient (Wildman–Crippen LogP) is 3.69. The molecule has 1 unspecified atom stereocenters. The molecule has 3 aromatic rings. The number of methoxy groups -OCH3 is 1. The number of halogens is 3. The molecule has 1 aliphatic rings. The molecule has 0 N–H and O–H groups in total. The Morgan fingerprint density at radius 2 is 1.90 bits per heavy atom. The van der Waals surface area contributed by atoms with Crippen LogP contribution in [0.1, 0.15) is 40.9 Å². The highest BCUT2D eigenvalue weighted by Crippen LogP contribution is 2.33. The second-order valence-corrected chi connectivity index (χ2v) is 6.91. The second-order valence-electron chi connectivity index (χ2n) is 6.91. The van der Waals surface area contributed by atoms with Gasteiger partial charge in [0.05, 0.1) is 13.2 Å². The minimum absolute atomic E-state index is 0.0578. The number of amides is 1. The van der Waals surface area contributed by atoms with Gasteiger partial charge in [0.15, 0.2) is 23.1 Å². The van der Waals surface area contributed by atoms with Gasteiger partial charge in [-0.2, -0.15) is 13.2 Å². The van der Waals surface area contributed by atoms with Crippen LogP contribution >= 0.6 is 0 Å². The largest absolute Gasteiger partial charge is 0.493 e. The van der Waals surface area contributed by atoms with Crippen LogP contribution in [0, 0.1) is 0 Å². The lowest BCUT2D eigenvalue weighted by Gasteiger charge is -2.33. The van der Waals surface area contributed by atoms with Crippen molar-refractivity contribution in [1.82, 2.24) is 19.7 Å². The highest BCUT2D eigenvalue weighted by molar-refractivity contribution is 5.91. The van der Waals surface area contributed by atoms with Crippen LogP contribution in [0.15, 0.2) is 40.8 Å². The number of hydrogen-bond donors (Lipinski definition) is 0. The third kappa shape index (κ3) is 3.94. The van der Waals surface area contributed by atoms with Crippen molar-refractivity contribution in [2.24, 2.45) is 0 Å². The minimum atomic E-state index is -4.60. The highest BCUT2D eigenvalue weighted by Gasteiger charge is 2.42. The molecule has 0 spiro atoms. The number of carbonyl (C=O) groups is 1. The Kier molecular flexibility index (Phi) is 5.34. The summed E-state index contributed by atoms with van der Waals surface area (Å²) in [6, 6.07) is 9.55. The summed E-state index contributed by atoms with van der Waals surface area (Å²) in [6.45, 7) is 1.69. The molecule has 0 aliphatic carbocycles. The number of carbonyl (C=O) groups excluding carboxylic acids is 1. The summed E-state index contributed by atoms with van der Waals surface area (Å²) in [5.41, 5.74) is 0. The van der Waals surface area contributed by atoms with E-state index in [1.165, 1.54) is 18.1 Å². The smallest absolute Gasteiger partial charge is 0.451 e. The number of hydrogen-bond acceptors (Lipinski definition) is 6. The average molecular weight is 436 g/mol. The molecule has 1 aromatic carbocycles. The summed E-state index contributed by atoms with van der Waals surface area (Å²) in [7, 11) is 1.53. The third-order valence-corrected chi connectivity index (χ3v) is 5.01. The van der Waals surface area contributed by atoms with Gasteiger partial charge in [0.1, 0.15) is 12.4 Å². The van der Waals surface area contributed by atoms with E-state index in [1.54, 1.807) is 31.2 Å². The van der Waals surface area contributed by atoms with E-state index < -0.39 is 23.9 Å². The fourth-order valence-electron chi connectivity index (χ4n) is 3.47. The minimum Gasteiger partial charge on any atom is -0.493 e. The lowest BCUT2D eigenvalue weighted by atomic mass is 10.2. The van der Waals surface area contributed by atoms with Crippen molar-refractivity contribution in [3.05, 3.63) is 59.6 Å². The maximum atomic E-state index is 13.1. The van der Waals surface area contributed by atoms with Crippen LogP contribution in [0.4, 0.5) is 13.2 Å². The molecule has 3 heterocycles. The summed E-state index contributed by atoms with van der Waals surface area (Å²) in [4.78, 5) is 14.3. The first-order valence-corrected chi connectivity index (χ1v) is 9.45. The molecule has 4 rings (SSSR count). The molecule has 0 saturated heterocycles. The van der Waals surface area contributed by atoms with Gasteiger partial charge in [-0.25, -0.2) is 0 Å². The van der Waals surface area contributed by atoms with Gasteiger partial charge >= 0.3 is 6.18 Å². The van der Waals surface area contributed by atoms with Gasteiger partial charge in [-0.05, 0) is 31.2 Å². The van der Waals surface area contributed by atoms with E-state index in [4.69, 9.17) is 13.9 Å². The lowest BCUT2D eigenvalue weighted by molar-refractivity contribution is -0.148. The maximum Gasteiger partial charge on any atom is 0.451 e. The number of benzene rings is 1. The first-order valence-electron chi connectivity index (χ1n) is 9.45. The van der Waals surface area contributed by atoms with E-state index in [-0.39, 0.29) is 31.3 Å². The molecule has 1 aliphatic heterocycles. The molecule has 0 bridgehead atoms. The molecule has 0 saturated carbocycles. The van der Waals surface area contributed by atoms with Crippen molar-refractivity contribution in [3.8, 4) is 11.5 Å². The molecule has 0 fully saturated rings. The SMILES string of the molecule is COc1ccccc1OCc1ccc(C(=O)N2CCn3c(nnc3C(F)(F)F)C2C)o1. The Morgan fingerprint density at radius 1 is 1.16 bits per heavy atom. The predicted molar refractivity (Wildman–Crippen MR) is 101 cm³/mol. The second kappa shape index (κ2) is 7.97. The van der Waals surface area contributed by atoms with Gasteiger partial charge in [-0.3, -0.25) is 4.79 Å². The van der Waals surface area contributed by atoms with Crippen molar-refractivity contribution in [1.29, 1.82) is 0 Å². The van der Waals surface area contributed by atoms with E-state index in [2.05, 4.69) is 10.2 Å². The van der Waals surface area contributed by atoms with Crippen LogP contribution < -0.4 is 9.47 Å². The quantitative estimate of drug-likeness (QED) is 0.607. The highest BCUT2D eigenvalue weighted by atomic mass is 19.4. The Bertz CT molecular complexity index is 1090. The fraction of sp³-hybridized carbons (Fsp3) is 0.350. The van der Waals surface area contributed by atoms with Crippen LogP contribution in [0.5, 0.6) is 11.5 Å². The fourth-order valence-corrected chi connectivity index (χ4v) is 3.47. The van der Waals surface area contributed by atoms with E-state index in [1.807, 2.05) is 6.07 Å². The number of fused-ring (bicyclic) bond motifs is 1. The standard InChI is InChI=1S/C20H19F3N4O4/c1-12-17-24-25-19(20(21,22)23)27(17)10-9-26(12)18(28)16-8-7-13(31-16)11-30-15-6-4-3-5-14(15)29-2/h3-8,12H,9-11H2,1-2H3. The molecular weight excluding hydrogens is 417 g/mol. The van der Waals surface area contributed by atoms with Gasteiger partial charge in [-0.1, -0.05) is 12.1 Å². The number of nitrogens with zero attached hydrogens (tertiary/aromatic N) is 4. The maximum absolute atomic E-state index is 13.1. The number of rotatable bonds is 5. The summed E-state index contributed by atoms with van der Waals surface area (Å²) in [5.74, 6) is 0.150. The zero-order valence-corrected chi connectivity index (χ0v) is 16.7. The normalized spacial score (nSPS) is 16.2. The summed E-state index contributed by atoms with van der Waals surface area (Å²) in [6.07, 6.45) is -4.60. The summed E-state index contributed by atoms with van der Waals surface area (Å²) >= 11 is 0. The first kappa shape index (κ1) is 20.8. The molecular formula is C20H19F3N4O4. The van der Waals surface area contributed by atoms with Gasteiger partial charge < -0.3 is 23.4 Å². The topological polar surface area (TPSA) is 82.6 Å². The zero-order chi connectivity index (χ0) is 22.2. The van der Waals surface area contributed by atoms with Crippen LogP contribution in [-0.4, -0.2) is 39.2 Å². The van der Waals surface area contributed by atoms with Crippen LogP contribution in [0.3, 0.4) is 0 Å². The molecule has 164 valence electrons. The molecule has 31 heavy (non-hydrogen) atoms. The monoisotopic (exact) mass is 436 g/mol. The van der Waals surface area contributed by atoms with Crippen molar-refractivity contribution in [2.45, 2.75) is 32.3 Å². The molecule has 11 heteroatoms. The first-order chi connectivity index (χ1) is 14.8. The Labute approximate surface area is 175 Å². The van der Waals surface area contributed by atoms with Crippen LogP contribution in [0.2, 0.25) is 0 Å². The molecule has 8 nitrogen and oxygen atoms in total. The van der Waals surface area contributed by atoms with Gasteiger partial charge in [0, 0.05) is 13.1 Å². The van der Waals surface area contributed by atoms with Crippen molar-refractivity contribution >= 4 is 5.91 Å². The molecule has 1 atom stereocenters. The Hall–Kier alpha value is -3.50. The third-order valence-electron chi connectivity index (χ3n) is 5.01. The van der Waals surface area contributed by atoms with Gasteiger partial charge in [0.25, 0.3) is 5.91 Å².